The minimum atomic E-state index is -0.460. The number of hydrogen-bond donors (Lipinski definition) is 0. The third-order valence-corrected chi connectivity index (χ3v) is 1.20. The van der Waals surface area contributed by atoms with Crippen molar-refractivity contribution >= 4 is 14.0 Å². The van der Waals surface area contributed by atoms with Crippen molar-refractivity contribution in [3.05, 3.63) is 30.1 Å². The normalized spacial score (nSPS) is 9.09. The Bertz CT molecular complexity index is 237. The molecule has 0 fully saturated rings. The third kappa shape index (κ3) is 2.41. The molecule has 0 aliphatic carbocycles. The number of hydrogen-bond acceptors (Lipinski definition) is 3. The lowest BCUT2D eigenvalue weighted by atomic mass is 10.2. The highest BCUT2D eigenvalue weighted by Crippen LogP contribution is 1.97. The number of carbonyl (C=O) groups is 1. The van der Waals surface area contributed by atoms with Crippen LogP contribution in [0.2, 0.25) is 0 Å². The van der Waals surface area contributed by atoms with Crippen LogP contribution in [0.5, 0.6) is 0 Å². The zero-order valence-electron chi connectivity index (χ0n) is 5.86. The Morgan fingerprint density at radius 2 is 2.55 bits per heavy atom. The Kier molecular flexibility index (Phi) is 2.66. The third-order valence-electron chi connectivity index (χ3n) is 1.20. The van der Waals surface area contributed by atoms with Gasteiger partial charge in [0.05, 0.1) is 6.42 Å². The zero-order valence-corrected chi connectivity index (χ0v) is 5.86. The van der Waals surface area contributed by atoms with E-state index in [2.05, 4.69) is 17.7 Å². The fraction of sp³-hybridized carbons (Fsp3) is 0.143. The van der Waals surface area contributed by atoms with Crippen molar-refractivity contribution in [3.63, 3.8) is 0 Å². The van der Waals surface area contributed by atoms with E-state index in [1.807, 2.05) is 0 Å². The Morgan fingerprint density at radius 1 is 1.73 bits per heavy atom. The molecular formula is C7H6BNO2. The molecule has 0 spiro atoms. The van der Waals surface area contributed by atoms with Gasteiger partial charge in [-0.05, 0) is 11.6 Å². The molecule has 0 N–H and O–H groups in total. The van der Waals surface area contributed by atoms with Gasteiger partial charge in [0.15, 0.2) is 0 Å². The fourth-order valence-corrected chi connectivity index (χ4v) is 0.711. The minimum Gasteiger partial charge on any atom is -0.543 e. The van der Waals surface area contributed by atoms with Gasteiger partial charge in [-0.3, -0.25) is 9.78 Å². The van der Waals surface area contributed by atoms with Crippen molar-refractivity contribution in [3.8, 4) is 0 Å². The topological polar surface area (TPSA) is 39.2 Å². The van der Waals surface area contributed by atoms with Gasteiger partial charge in [-0.1, -0.05) is 6.07 Å². The van der Waals surface area contributed by atoms with Gasteiger partial charge in [-0.25, -0.2) is 0 Å². The molecule has 0 aliphatic heterocycles. The van der Waals surface area contributed by atoms with E-state index in [-0.39, 0.29) is 6.42 Å². The van der Waals surface area contributed by atoms with Crippen molar-refractivity contribution < 1.29 is 9.45 Å². The van der Waals surface area contributed by atoms with Gasteiger partial charge in [0, 0.05) is 12.4 Å². The van der Waals surface area contributed by atoms with E-state index in [0.717, 1.165) is 5.56 Å². The summed E-state index contributed by atoms with van der Waals surface area (Å²) < 4.78 is 3.99. The SMILES string of the molecule is [B]OC(=O)Cc1cccnc1. The van der Waals surface area contributed by atoms with E-state index in [4.69, 9.17) is 0 Å². The van der Waals surface area contributed by atoms with Gasteiger partial charge in [-0.2, -0.15) is 0 Å². The summed E-state index contributed by atoms with van der Waals surface area (Å²) in [6.07, 6.45) is 3.40. The summed E-state index contributed by atoms with van der Waals surface area (Å²) in [4.78, 5) is 14.4. The monoisotopic (exact) mass is 147 g/mol. The summed E-state index contributed by atoms with van der Waals surface area (Å²) in [5, 5.41) is 0. The second kappa shape index (κ2) is 3.76. The average molecular weight is 147 g/mol. The Balaban J connectivity index is 2.58. The fourth-order valence-electron chi connectivity index (χ4n) is 0.711. The maximum absolute atomic E-state index is 10.6. The van der Waals surface area contributed by atoms with E-state index in [1.54, 1.807) is 24.5 Å². The summed E-state index contributed by atoms with van der Waals surface area (Å²) >= 11 is 0. The Morgan fingerprint density at radius 3 is 3.09 bits per heavy atom. The first-order valence-electron chi connectivity index (χ1n) is 3.11. The Labute approximate surface area is 65.8 Å². The van der Waals surface area contributed by atoms with Crippen molar-refractivity contribution in [2.45, 2.75) is 6.42 Å². The van der Waals surface area contributed by atoms with Crippen LogP contribution in [0.3, 0.4) is 0 Å². The highest BCUT2D eigenvalue weighted by molar-refractivity contribution is 6.05. The van der Waals surface area contributed by atoms with Gasteiger partial charge in [0.2, 0.25) is 0 Å². The molecule has 11 heavy (non-hydrogen) atoms. The highest BCUT2D eigenvalue weighted by atomic mass is 16.5. The van der Waals surface area contributed by atoms with Gasteiger partial charge >= 0.3 is 8.05 Å². The van der Waals surface area contributed by atoms with Crippen LogP contribution >= 0.6 is 0 Å². The molecule has 1 aromatic heterocycles. The number of carbonyl (C=O) groups excluding carboxylic acids is 1. The number of pyridine rings is 1. The molecule has 0 aromatic carbocycles. The lowest BCUT2D eigenvalue weighted by molar-refractivity contribution is -0.133. The summed E-state index contributed by atoms with van der Waals surface area (Å²) in [7, 11) is 4.65. The predicted molar refractivity (Wildman–Crippen MR) is 39.8 cm³/mol. The summed E-state index contributed by atoms with van der Waals surface area (Å²) in [5.74, 6) is -0.460. The molecule has 0 amide bonds. The Hall–Kier alpha value is -1.32. The predicted octanol–water partition coefficient (Wildman–Crippen LogP) is 0.251. The summed E-state index contributed by atoms with van der Waals surface area (Å²) in [6, 6.07) is 3.53. The average Bonchev–Trinajstić information content (AvgIpc) is 2.06. The van der Waals surface area contributed by atoms with Crippen LogP contribution < -0.4 is 0 Å². The highest BCUT2D eigenvalue weighted by Gasteiger charge is 2.00. The van der Waals surface area contributed by atoms with Crippen LogP contribution in [-0.4, -0.2) is 19.0 Å². The first-order chi connectivity index (χ1) is 5.33. The quantitative estimate of drug-likeness (QED) is 0.562. The molecule has 0 saturated heterocycles. The number of rotatable bonds is 2. The molecule has 0 atom stereocenters. The molecule has 54 valence electrons. The standard InChI is InChI=1S/C7H6BNO2/c8-11-7(10)4-6-2-1-3-9-5-6/h1-3,5H,4H2. The van der Waals surface area contributed by atoms with Crippen LogP contribution in [0.1, 0.15) is 5.56 Å². The molecule has 2 radical (unpaired) electrons. The number of nitrogens with zero attached hydrogens (tertiary/aromatic N) is 1. The van der Waals surface area contributed by atoms with Crippen molar-refractivity contribution in [1.29, 1.82) is 0 Å². The van der Waals surface area contributed by atoms with E-state index in [0.29, 0.717) is 0 Å². The van der Waals surface area contributed by atoms with Crippen LogP contribution in [0.4, 0.5) is 0 Å². The maximum atomic E-state index is 10.6. The van der Waals surface area contributed by atoms with Gasteiger partial charge < -0.3 is 4.65 Å². The van der Waals surface area contributed by atoms with Crippen molar-refractivity contribution in [2.24, 2.45) is 0 Å². The first kappa shape index (κ1) is 7.79. The molecule has 1 rings (SSSR count). The second-order valence-electron chi connectivity index (χ2n) is 2.03. The van der Waals surface area contributed by atoms with Gasteiger partial charge in [0.25, 0.3) is 5.97 Å². The van der Waals surface area contributed by atoms with Crippen LogP contribution in [-0.2, 0) is 15.9 Å². The molecule has 0 bridgehead atoms. The molecule has 0 unspecified atom stereocenters. The van der Waals surface area contributed by atoms with Crippen LogP contribution in [0.15, 0.2) is 24.5 Å². The van der Waals surface area contributed by atoms with Crippen molar-refractivity contribution in [1.82, 2.24) is 4.98 Å². The van der Waals surface area contributed by atoms with Crippen molar-refractivity contribution in [2.75, 3.05) is 0 Å². The molecular weight excluding hydrogens is 141 g/mol. The zero-order chi connectivity index (χ0) is 8.10. The largest absolute Gasteiger partial charge is 0.543 e. The molecule has 1 heterocycles. The maximum Gasteiger partial charge on any atom is 0.378 e. The van der Waals surface area contributed by atoms with Gasteiger partial charge in [-0.15, -0.1) is 0 Å². The second-order valence-corrected chi connectivity index (χ2v) is 2.03. The van der Waals surface area contributed by atoms with Crippen LogP contribution in [0.25, 0.3) is 0 Å². The lowest BCUT2D eigenvalue weighted by Crippen LogP contribution is -2.05. The first-order valence-corrected chi connectivity index (χ1v) is 3.11. The van der Waals surface area contributed by atoms with Crippen LogP contribution in [0, 0.1) is 0 Å². The molecule has 1 aromatic rings. The summed E-state index contributed by atoms with van der Waals surface area (Å²) in [6.45, 7) is 0. The van der Waals surface area contributed by atoms with E-state index >= 15 is 0 Å². The smallest absolute Gasteiger partial charge is 0.378 e. The van der Waals surface area contributed by atoms with Gasteiger partial charge in [0.1, 0.15) is 0 Å². The van der Waals surface area contributed by atoms with E-state index < -0.39 is 5.97 Å². The molecule has 0 saturated carbocycles. The molecule has 0 aliphatic rings. The van der Waals surface area contributed by atoms with E-state index in [9.17, 15) is 4.79 Å². The lowest BCUT2D eigenvalue weighted by Gasteiger charge is -1.97. The minimum absolute atomic E-state index is 0.171. The summed E-state index contributed by atoms with van der Waals surface area (Å²) in [5.41, 5.74) is 0.794. The molecule has 3 nitrogen and oxygen atoms in total. The number of aromatic nitrogens is 1. The molecule has 4 heteroatoms. The van der Waals surface area contributed by atoms with E-state index in [1.165, 1.54) is 0 Å².